The fourth-order valence-corrected chi connectivity index (χ4v) is 3.69. The minimum absolute atomic E-state index is 0.304. The monoisotopic (exact) mass is 309 g/mol. The van der Waals surface area contributed by atoms with Gasteiger partial charge in [-0.3, -0.25) is 0 Å². The number of halogens is 1. The van der Waals surface area contributed by atoms with Crippen LogP contribution in [0, 0.1) is 11.8 Å². The highest BCUT2D eigenvalue weighted by Crippen LogP contribution is 2.34. The lowest BCUT2D eigenvalue weighted by Crippen LogP contribution is -2.28. The zero-order valence-corrected chi connectivity index (χ0v) is 14.4. The van der Waals surface area contributed by atoms with Gasteiger partial charge in [0.15, 0.2) is 0 Å². The number of hydrogen-bond acceptors (Lipinski definition) is 2. The van der Waals surface area contributed by atoms with Gasteiger partial charge in [-0.05, 0) is 62.3 Å². The molecule has 0 amide bonds. The van der Waals surface area contributed by atoms with Crippen molar-refractivity contribution in [3.63, 3.8) is 0 Å². The van der Waals surface area contributed by atoms with Gasteiger partial charge in [-0.1, -0.05) is 38.4 Å². The van der Waals surface area contributed by atoms with Crippen molar-refractivity contribution < 1.29 is 4.74 Å². The van der Waals surface area contributed by atoms with E-state index in [4.69, 9.17) is 16.3 Å². The molecule has 118 valence electrons. The number of nitrogens with one attached hydrogen (secondary N) is 1. The standard InChI is InChI=1S/C18H28ClNO/c1-5-20-14(4)15-6-7-18(17(19)11-15)21-16-9-12(2)8-13(3)10-16/h6-7,11-14,16,20H,5,8-10H2,1-4H3. The van der Waals surface area contributed by atoms with Crippen LogP contribution in [0.3, 0.4) is 0 Å². The first-order valence-corrected chi connectivity index (χ1v) is 8.56. The van der Waals surface area contributed by atoms with E-state index in [1.807, 2.05) is 12.1 Å². The third-order valence-corrected chi connectivity index (χ3v) is 4.69. The average Bonchev–Trinajstić information content (AvgIpc) is 2.40. The molecule has 21 heavy (non-hydrogen) atoms. The molecule has 3 heteroatoms. The molecule has 1 saturated carbocycles. The highest BCUT2D eigenvalue weighted by molar-refractivity contribution is 6.32. The fraction of sp³-hybridized carbons (Fsp3) is 0.667. The van der Waals surface area contributed by atoms with Gasteiger partial charge in [-0.2, -0.15) is 0 Å². The molecule has 1 aliphatic rings. The lowest BCUT2D eigenvalue weighted by atomic mass is 9.82. The van der Waals surface area contributed by atoms with Crippen LogP contribution in [-0.2, 0) is 0 Å². The molecule has 0 heterocycles. The summed E-state index contributed by atoms with van der Waals surface area (Å²) in [5.41, 5.74) is 1.21. The van der Waals surface area contributed by atoms with E-state index in [1.54, 1.807) is 0 Å². The van der Waals surface area contributed by atoms with E-state index in [0.29, 0.717) is 12.1 Å². The van der Waals surface area contributed by atoms with Crippen molar-refractivity contribution in [2.24, 2.45) is 11.8 Å². The number of ether oxygens (including phenoxy) is 1. The van der Waals surface area contributed by atoms with Gasteiger partial charge >= 0.3 is 0 Å². The van der Waals surface area contributed by atoms with Gasteiger partial charge in [-0.15, -0.1) is 0 Å². The molecule has 1 aromatic rings. The zero-order chi connectivity index (χ0) is 15.4. The van der Waals surface area contributed by atoms with E-state index < -0.39 is 0 Å². The summed E-state index contributed by atoms with van der Waals surface area (Å²) in [6.07, 6.45) is 3.89. The molecule has 0 radical (unpaired) electrons. The normalized spacial score (nSPS) is 27.4. The predicted octanol–water partition coefficient (Wildman–Crippen LogP) is 5.21. The Morgan fingerprint density at radius 3 is 2.48 bits per heavy atom. The first kappa shape index (κ1) is 16.6. The molecule has 1 fully saturated rings. The second-order valence-corrected chi connectivity index (χ2v) is 7.03. The summed E-state index contributed by atoms with van der Waals surface area (Å²) in [5.74, 6) is 2.31. The zero-order valence-electron chi connectivity index (χ0n) is 13.7. The molecule has 0 aromatic heterocycles. The Bertz CT molecular complexity index is 453. The maximum absolute atomic E-state index is 6.41. The molecular formula is C18H28ClNO. The van der Waals surface area contributed by atoms with Crippen LogP contribution in [0.2, 0.25) is 5.02 Å². The highest BCUT2D eigenvalue weighted by Gasteiger charge is 2.25. The van der Waals surface area contributed by atoms with Crippen LogP contribution < -0.4 is 10.1 Å². The first-order chi connectivity index (χ1) is 9.99. The maximum Gasteiger partial charge on any atom is 0.138 e. The summed E-state index contributed by atoms with van der Waals surface area (Å²) in [6.45, 7) is 9.85. The van der Waals surface area contributed by atoms with Crippen LogP contribution in [0.4, 0.5) is 0 Å². The minimum Gasteiger partial charge on any atom is -0.489 e. The number of hydrogen-bond donors (Lipinski definition) is 1. The predicted molar refractivity (Wildman–Crippen MR) is 90.1 cm³/mol. The molecule has 3 unspecified atom stereocenters. The van der Waals surface area contributed by atoms with Gasteiger partial charge in [0.05, 0.1) is 11.1 Å². The summed E-state index contributed by atoms with van der Waals surface area (Å²) in [7, 11) is 0. The third kappa shape index (κ3) is 4.62. The van der Waals surface area contributed by atoms with Gasteiger partial charge in [0.1, 0.15) is 5.75 Å². The molecule has 0 aliphatic heterocycles. The van der Waals surface area contributed by atoms with Crippen LogP contribution >= 0.6 is 11.6 Å². The third-order valence-electron chi connectivity index (χ3n) is 4.40. The van der Waals surface area contributed by atoms with E-state index in [2.05, 4.69) is 39.1 Å². The Labute approximate surface area is 134 Å². The summed E-state index contributed by atoms with van der Waals surface area (Å²) in [4.78, 5) is 0. The molecule has 3 atom stereocenters. The smallest absolute Gasteiger partial charge is 0.138 e. The van der Waals surface area contributed by atoms with Crippen molar-refractivity contribution in [1.29, 1.82) is 0 Å². The van der Waals surface area contributed by atoms with Crippen molar-refractivity contribution in [2.75, 3.05) is 6.54 Å². The Balaban J connectivity index is 2.03. The first-order valence-electron chi connectivity index (χ1n) is 8.19. The van der Waals surface area contributed by atoms with Gasteiger partial charge < -0.3 is 10.1 Å². The molecule has 2 nitrogen and oxygen atoms in total. The quantitative estimate of drug-likeness (QED) is 0.805. The SMILES string of the molecule is CCNC(C)c1ccc(OC2CC(C)CC(C)C2)c(Cl)c1. The summed E-state index contributed by atoms with van der Waals surface area (Å²) < 4.78 is 6.17. The Morgan fingerprint density at radius 2 is 1.90 bits per heavy atom. The van der Waals surface area contributed by atoms with Crippen LogP contribution in [-0.4, -0.2) is 12.6 Å². The van der Waals surface area contributed by atoms with Crippen LogP contribution in [0.5, 0.6) is 5.75 Å². The van der Waals surface area contributed by atoms with Crippen molar-refractivity contribution in [1.82, 2.24) is 5.32 Å². The van der Waals surface area contributed by atoms with Gasteiger partial charge in [0.25, 0.3) is 0 Å². The Hall–Kier alpha value is -0.730. The summed E-state index contributed by atoms with van der Waals surface area (Å²) in [6, 6.07) is 6.48. The van der Waals surface area contributed by atoms with E-state index >= 15 is 0 Å². The largest absolute Gasteiger partial charge is 0.489 e. The average molecular weight is 310 g/mol. The summed E-state index contributed by atoms with van der Waals surface area (Å²) >= 11 is 6.41. The lowest BCUT2D eigenvalue weighted by molar-refractivity contribution is 0.101. The number of rotatable bonds is 5. The molecule has 1 aromatic carbocycles. The van der Waals surface area contributed by atoms with Crippen molar-refractivity contribution in [3.05, 3.63) is 28.8 Å². The van der Waals surface area contributed by atoms with Crippen molar-refractivity contribution >= 4 is 11.6 Å². The number of benzene rings is 1. The molecule has 0 saturated heterocycles. The van der Waals surface area contributed by atoms with E-state index in [1.165, 1.54) is 12.0 Å². The fourth-order valence-electron chi connectivity index (χ4n) is 3.45. The Morgan fingerprint density at radius 1 is 1.24 bits per heavy atom. The molecule has 0 bridgehead atoms. The van der Waals surface area contributed by atoms with Crippen LogP contribution in [0.1, 0.15) is 58.6 Å². The van der Waals surface area contributed by atoms with Gasteiger partial charge in [-0.25, -0.2) is 0 Å². The van der Waals surface area contributed by atoms with Crippen molar-refractivity contribution in [3.8, 4) is 5.75 Å². The molecular weight excluding hydrogens is 282 g/mol. The van der Waals surface area contributed by atoms with E-state index in [-0.39, 0.29) is 0 Å². The van der Waals surface area contributed by atoms with Crippen LogP contribution in [0.15, 0.2) is 18.2 Å². The molecule has 2 rings (SSSR count). The van der Waals surface area contributed by atoms with Crippen molar-refractivity contribution in [2.45, 2.75) is 59.1 Å². The van der Waals surface area contributed by atoms with Gasteiger partial charge in [0, 0.05) is 6.04 Å². The molecule has 1 N–H and O–H groups in total. The van der Waals surface area contributed by atoms with Gasteiger partial charge in [0.2, 0.25) is 0 Å². The maximum atomic E-state index is 6.41. The molecule has 0 spiro atoms. The van der Waals surface area contributed by atoms with E-state index in [9.17, 15) is 0 Å². The topological polar surface area (TPSA) is 21.3 Å². The second-order valence-electron chi connectivity index (χ2n) is 6.63. The highest BCUT2D eigenvalue weighted by atomic mass is 35.5. The lowest BCUT2D eigenvalue weighted by Gasteiger charge is -2.32. The summed E-state index contributed by atoms with van der Waals surface area (Å²) in [5, 5.41) is 4.13. The van der Waals surface area contributed by atoms with E-state index in [0.717, 1.165) is 42.0 Å². The second kappa shape index (κ2) is 7.51. The molecule has 1 aliphatic carbocycles. The Kier molecular flexibility index (Phi) is 5.95. The minimum atomic E-state index is 0.304. The van der Waals surface area contributed by atoms with Crippen LogP contribution in [0.25, 0.3) is 0 Å².